The van der Waals surface area contributed by atoms with Crippen molar-refractivity contribution >= 4 is 35.8 Å². The van der Waals surface area contributed by atoms with Crippen LogP contribution in [-0.4, -0.2) is 49.7 Å². The zero-order chi connectivity index (χ0) is 13.5. The van der Waals surface area contributed by atoms with Gasteiger partial charge in [0.2, 0.25) is 0 Å². The lowest BCUT2D eigenvalue weighted by molar-refractivity contribution is -0.130. The number of nitrogens with zero attached hydrogens (tertiary/aromatic N) is 2. The lowest BCUT2D eigenvalue weighted by Crippen LogP contribution is -2.41. The molecule has 1 aliphatic heterocycles. The smallest absolute Gasteiger partial charge is 0.256 e. The molecule has 0 aromatic carbocycles. The van der Waals surface area contributed by atoms with Gasteiger partial charge in [0.05, 0.1) is 24.7 Å². The minimum Gasteiger partial charge on any atom is -0.378 e. The molecule has 0 radical (unpaired) electrons. The second-order valence-corrected chi connectivity index (χ2v) is 4.14. The Morgan fingerprint density at radius 1 is 1.50 bits per heavy atom. The van der Waals surface area contributed by atoms with Gasteiger partial charge in [-0.1, -0.05) is 11.6 Å². The van der Waals surface area contributed by atoms with Crippen LogP contribution < -0.4 is 0 Å². The Morgan fingerprint density at radius 2 is 2.11 bits per heavy atom. The normalized spacial score (nSPS) is 18.4. The van der Waals surface area contributed by atoms with E-state index in [1.54, 1.807) is 0 Å². The van der Waals surface area contributed by atoms with Gasteiger partial charge in [0.25, 0.3) is 5.91 Å². The maximum absolute atomic E-state index is 13.6. The molecule has 1 saturated heterocycles. The van der Waals surface area contributed by atoms with Crippen molar-refractivity contribution in [3.05, 3.63) is 22.6 Å². The molecule has 1 fully saturated rings. The maximum Gasteiger partial charge on any atom is 0.256 e. The van der Waals surface area contributed by atoms with Gasteiger partial charge in [-0.15, -0.1) is 11.6 Å². The van der Waals surface area contributed by atoms with Gasteiger partial charge in [-0.05, 0) is 12.8 Å². The minimum absolute atomic E-state index is 0.0631. The molecule has 0 saturated carbocycles. The molecule has 0 aliphatic carbocycles. The second-order valence-electron chi connectivity index (χ2n) is 3.48. The van der Waals surface area contributed by atoms with E-state index < -0.39 is 17.6 Å². The van der Waals surface area contributed by atoms with Crippen LogP contribution in [0.5, 0.6) is 0 Å². The number of morpholine rings is 1. The summed E-state index contributed by atoms with van der Waals surface area (Å²) in [5.41, 5.74) is -0.190. The monoisotopic (exact) mass is 294 g/mol. The van der Waals surface area contributed by atoms with Crippen LogP contribution in [0.3, 0.4) is 0 Å². The fourth-order valence-corrected chi connectivity index (χ4v) is 1.68. The highest BCUT2D eigenvalue weighted by molar-refractivity contribution is 6.30. The highest BCUT2D eigenvalue weighted by Crippen LogP contribution is 2.18. The van der Waals surface area contributed by atoms with Crippen molar-refractivity contribution in [3.63, 3.8) is 0 Å². The Bertz CT molecular complexity index is 391. The number of amides is 1. The summed E-state index contributed by atoms with van der Waals surface area (Å²) in [4.78, 5) is 17.0. The first-order chi connectivity index (χ1) is 8.60. The Kier molecular flexibility index (Phi) is 6.32. The van der Waals surface area contributed by atoms with Crippen LogP contribution in [0.25, 0.3) is 0 Å². The molecule has 1 heterocycles. The SMILES string of the molecule is C=N/C(Cl)=C\C(C(=O)N1CCOCC1)=C(\F)CCl. The van der Waals surface area contributed by atoms with Crippen LogP contribution in [0, 0.1) is 0 Å². The molecular weight excluding hydrogens is 282 g/mol. The van der Waals surface area contributed by atoms with Crippen molar-refractivity contribution in [1.82, 2.24) is 4.90 Å². The quantitative estimate of drug-likeness (QED) is 0.262. The van der Waals surface area contributed by atoms with Gasteiger partial charge in [0.1, 0.15) is 11.0 Å². The van der Waals surface area contributed by atoms with E-state index in [1.807, 2.05) is 0 Å². The van der Waals surface area contributed by atoms with Crippen LogP contribution >= 0.6 is 23.2 Å². The second kappa shape index (κ2) is 7.51. The van der Waals surface area contributed by atoms with E-state index in [4.69, 9.17) is 27.9 Å². The molecule has 0 N–H and O–H groups in total. The number of hydrogen-bond acceptors (Lipinski definition) is 3. The number of hydrogen-bond donors (Lipinski definition) is 0. The number of carbonyl (C=O) groups excluding carboxylic acids is 1. The molecule has 1 amide bonds. The van der Waals surface area contributed by atoms with Gasteiger partial charge in [0, 0.05) is 13.1 Å². The number of rotatable bonds is 4. The van der Waals surface area contributed by atoms with Crippen molar-refractivity contribution in [2.75, 3.05) is 32.2 Å². The predicted molar refractivity (Wildman–Crippen MR) is 69.7 cm³/mol. The Labute approximate surface area is 115 Å². The molecule has 1 rings (SSSR count). The fraction of sp³-hybridized carbons (Fsp3) is 0.455. The topological polar surface area (TPSA) is 41.9 Å². The predicted octanol–water partition coefficient (Wildman–Crippen LogP) is 2.09. The molecule has 0 aromatic rings. The lowest BCUT2D eigenvalue weighted by atomic mass is 10.2. The molecule has 0 bridgehead atoms. The number of carbonyl (C=O) groups is 1. The standard InChI is InChI=1S/C11H13Cl2FN2O2/c1-15-10(13)6-8(9(14)7-12)11(17)16-2-4-18-5-3-16/h6H,1-5,7H2/b9-8-,10-6-. The summed E-state index contributed by atoms with van der Waals surface area (Å²) < 4.78 is 18.7. The summed E-state index contributed by atoms with van der Waals surface area (Å²) in [7, 11) is 0. The van der Waals surface area contributed by atoms with Crippen molar-refractivity contribution in [1.29, 1.82) is 0 Å². The van der Waals surface area contributed by atoms with E-state index in [2.05, 4.69) is 11.7 Å². The number of allylic oxidation sites excluding steroid dienone is 1. The summed E-state index contributed by atoms with van der Waals surface area (Å²) in [5, 5.41) is -0.0631. The van der Waals surface area contributed by atoms with Crippen LogP contribution in [0.4, 0.5) is 4.39 Å². The van der Waals surface area contributed by atoms with Gasteiger partial charge in [-0.25, -0.2) is 4.39 Å². The highest BCUT2D eigenvalue weighted by Gasteiger charge is 2.22. The highest BCUT2D eigenvalue weighted by atomic mass is 35.5. The molecular formula is C11H13Cl2FN2O2. The summed E-state index contributed by atoms with van der Waals surface area (Å²) >= 11 is 11.0. The van der Waals surface area contributed by atoms with E-state index in [-0.39, 0.29) is 10.7 Å². The third-order valence-corrected chi connectivity index (χ3v) is 2.82. The summed E-state index contributed by atoms with van der Waals surface area (Å²) in [6, 6.07) is 0. The van der Waals surface area contributed by atoms with Gasteiger partial charge in [-0.2, -0.15) is 0 Å². The van der Waals surface area contributed by atoms with Gasteiger partial charge in [-0.3, -0.25) is 9.79 Å². The van der Waals surface area contributed by atoms with E-state index in [1.165, 1.54) is 4.90 Å². The lowest BCUT2D eigenvalue weighted by Gasteiger charge is -2.27. The minimum atomic E-state index is -0.741. The third kappa shape index (κ3) is 4.08. The molecule has 0 aromatic heterocycles. The Balaban J connectivity index is 2.96. The van der Waals surface area contributed by atoms with Gasteiger partial charge < -0.3 is 9.64 Å². The first kappa shape index (κ1) is 15.1. The molecule has 0 spiro atoms. The number of ether oxygens (including phenoxy) is 1. The van der Waals surface area contributed by atoms with Crippen molar-refractivity contribution < 1.29 is 13.9 Å². The van der Waals surface area contributed by atoms with Gasteiger partial charge in [0.15, 0.2) is 0 Å². The van der Waals surface area contributed by atoms with Crippen LogP contribution in [0.15, 0.2) is 27.6 Å². The van der Waals surface area contributed by atoms with Crippen LogP contribution in [-0.2, 0) is 9.53 Å². The maximum atomic E-state index is 13.6. The molecule has 18 heavy (non-hydrogen) atoms. The van der Waals surface area contributed by atoms with E-state index >= 15 is 0 Å². The zero-order valence-electron chi connectivity index (χ0n) is 9.66. The molecule has 1 aliphatic rings. The molecule has 4 nitrogen and oxygen atoms in total. The summed E-state index contributed by atoms with van der Waals surface area (Å²) in [6.45, 7) is 4.87. The zero-order valence-corrected chi connectivity index (χ0v) is 11.2. The summed E-state index contributed by atoms with van der Waals surface area (Å²) in [6.07, 6.45) is 1.13. The van der Waals surface area contributed by atoms with E-state index in [0.29, 0.717) is 26.3 Å². The fourth-order valence-electron chi connectivity index (χ4n) is 1.43. The number of halogens is 3. The third-order valence-electron chi connectivity index (χ3n) is 2.35. The number of alkyl halides is 1. The van der Waals surface area contributed by atoms with E-state index in [9.17, 15) is 9.18 Å². The average molecular weight is 295 g/mol. The molecule has 0 unspecified atom stereocenters. The molecule has 0 atom stereocenters. The van der Waals surface area contributed by atoms with E-state index in [0.717, 1.165) is 6.08 Å². The van der Waals surface area contributed by atoms with Crippen molar-refractivity contribution in [2.45, 2.75) is 0 Å². The van der Waals surface area contributed by atoms with Crippen molar-refractivity contribution in [3.8, 4) is 0 Å². The number of aliphatic imine (C=N–C) groups is 1. The van der Waals surface area contributed by atoms with Gasteiger partial charge >= 0.3 is 0 Å². The summed E-state index contributed by atoms with van der Waals surface area (Å²) in [5.74, 6) is -1.61. The van der Waals surface area contributed by atoms with Crippen LogP contribution in [0.2, 0.25) is 0 Å². The molecule has 7 heteroatoms. The van der Waals surface area contributed by atoms with Crippen molar-refractivity contribution in [2.24, 2.45) is 4.99 Å². The Morgan fingerprint density at radius 3 is 2.61 bits per heavy atom. The Hall–Kier alpha value is -0.910. The molecule has 100 valence electrons. The average Bonchev–Trinajstić information content (AvgIpc) is 2.43. The first-order valence-electron chi connectivity index (χ1n) is 5.25. The first-order valence-corrected chi connectivity index (χ1v) is 6.17. The largest absolute Gasteiger partial charge is 0.378 e. The van der Waals surface area contributed by atoms with Crippen LogP contribution in [0.1, 0.15) is 0 Å².